The van der Waals surface area contributed by atoms with Gasteiger partial charge in [0.25, 0.3) is 0 Å². The van der Waals surface area contributed by atoms with Crippen molar-refractivity contribution in [3.05, 3.63) is 40.8 Å². The average Bonchev–Trinajstić information content (AvgIpc) is 2.91. The summed E-state index contributed by atoms with van der Waals surface area (Å²) in [7, 11) is 0. The van der Waals surface area contributed by atoms with E-state index in [1.54, 1.807) is 0 Å². The summed E-state index contributed by atoms with van der Waals surface area (Å²) < 4.78 is 5.56. The lowest BCUT2D eigenvalue weighted by atomic mass is 9.97. The van der Waals surface area contributed by atoms with Gasteiger partial charge in [-0.3, -0.25) is 4.79 Å². The number of nitrogen functional groups attached to an aromatic ring is 1. The fraction of sp³-hybridized carbons (Fsp3) is 0.167. The van der Waals surface area contributed by atoms with Crippen LogP contribution in [0.15, 0.2) is 30.3 Å². The van der Waals surface area contributed by atoms with Crippen molar-refractivity contribution in [1.29, 1.82) is 5.26 Å². The number of carbonyl (C=O) groups is 1. The van der Waals surface area contributed by atoms with E-state index >= 15 is 0 Å². The first-order chi connectivity index (χ1) is 11.6. The van der Waals surface area contributed by atoms with Gasteiger partial charge >= 0.3 is 0 Å². The minimum Gasteiger partial charge on any atom is -0.477 e. The molecule has 3 rings (SSSR count). The monoisotopic (exact) mass is 337 g/mol. The van der Waals surface area contributed by atoms with Crippen LogP contribution in [0.1, 0.15) is 29.1 Å². The Morgan fingerprint density at radius 1 is 1.38 bits per heavy atom. The minimum atomic E-state index is -0.119. The van der Waals surface area contributed by atoms with Crippen molar-refractivity contribution in [2.45, 2.75) is 13.8 Å². The summed E-state index contributed by atoms with van der Waals surface area (Å²) in [5, 5.41) is 10.3. The van der Waals surface area contributed by atoms with Gasteiger partial charge in [0, 0.05) is 17.9 Å². The van der Waals surface area contributed by atoms with Gasteiger partial charge in [0.1, 0.15) is 16.5 Å². The Morgan fingerprint density at radius 2 is 2.08 bits per heavy atom. The average molecular weight is 337 g/mol. The smallest absolute Gasteiger partial charge is 0.233 e. The second kappa shape index (κ2) is 6.30. The maximum atomic E-state index is 11.9. The van der Waals surface area contributed by atoms with E-state index in [1.165, 1.54) is 18.3 Å². The number of Topliss-reactive ketones (excluding diaryl/α,β-unsaturated/α-hetero) is 1. The molecule has 0 saturated carbocycles. The van der Waals surface area contributed by atoms with Crippen molar-refractivity contribution < 1.29 is 9.53 Å². The van der Waals surface area contributed by atoms with Gasteiger partial charge in [0.2, 0.25) is 5.88 Å². The van der Waals surface area contributed by atoms with Gasteiger partial charge in [0.05, 0.1) is 17.2 Å². The zero-order valence-corrected chi connectivity index (χ0v) is 14.1. The van der Waals surface area contributed by atoms with E-state index in [2.05, 4.69) is 11.1 Å². The van der Waals surface area contributed by atoms with Gasteiger partial charge in [-0.2, -0.15) is 5.26 Å². The van der Waals surface area contributed by atoms with Crippen LogP contribution in [0.4, 0.5) is 5.69 Å². The standard InChI is InChI=1S/C18H15N3O2S/c1-3-23-17-12(9-19)13(11-7-5-4-6-8-11)14-15(20)16(10(2)22)24-18(14)21-17/h4-8H,3,20H2,1-2H3. The lowest BCUT2D eigenvalue weighted by Gasteiger charge is -2.11. The third-order valence-electron chi connectivity index (χ3n) is 3.62. The zero-order chi connectivity index (χ0) is 17.3. The zero-order valence-electron chi connectivity index (χ0n) is 13.3. The Labute approximate surface area is 143 Å². The summed E-state index contributed by atoms with van der Waals surface area (Å²) in [4.78, 5) is 17.3. The van der Waals surface area contributed by atoms with Gasteiger partial charge in [-0.25, -0.2) is 4.98 Å². The van der Waals surface area contributed by atoms with Crippen molar-refractivity contribution in [2.75, 3.05) is 12.3 Å². The highest BCUT2D eigenvalue weighted by atomic mass is 32.1. The van der Waals surface area contributed by atoms with E-state index in [0.29, 0.717) is 38.5 Å². The number of rotatable bonds is 4. The molecule has 0 amide bonds. The SMILES string of the molecule is CCOc1nc2sc(C(C)=O)c(N)c2c(-c2ccccc2)c1C#N. The number of nitriles is 1. The quantitative estimate of drug-likeness (QED) is 0.726. The van der Waals surface area contributed by atoms with Gasteiger partial charge in [-0.15, -0.1) is 11.3 Å². The molecule has 0 spiro atoms. The normalized spacial score (nSPS) is 10.5. The summed E-state index contributed by atoms with van der Waals surface area (Å²) in [5.74, 6) is 0.147. The molecule has 0 aliphatic carbocycles. The van der Waals surface area contributed by atoms with E-state index < -0.39 is 0 Å². The summed E-state index contributed by atoms with van der Waals surface area (Å²) >= 11 is 1.22. The molecule has 0 unspecified atom stereocenters. The molecule has 0 aliphatic heterocycles. The van der Waals surface area contributed by atoms with Gasteiger partial charge < -0.3 is 10.5 Å². The van der Waals surface area contributed by atoms with Crippen molar-refractivity contribution >= 4 is 33.0 Å². The van der Waals surface area contributed by atoms with Crippen molar-refractivity contribution in [3.8, 4) is 23.1 Å². The van der Waals surface area contributed by atoms with Crippen LogP contribution >= 0.6 is 11.3 Å². The number of nitrogens with two attached hydrogens (primary N) is 1. The highest BCUT2D eigenvalue weighted by molar-refractivity contribution is 7.21. The first-order valence-corrected chi connectivity index (χ1v) is 8.25. The lowest BCUT2D eigenvalue weighted by molar-refractivity contribution is 0.102. The topological polar surface area (TPSA) is 89.0 Å². The number of pyridine rings is 1. The fourth-order valence-corrected chi connectivity index (χ4v) is 3.62. The highest BCUT2D eigenvalue weighted by Crippen LogP contribution is 2.43. The van der Waals surface area contributed by atoms with Crippen LogP contribution in [0.5, 0.6) is 5.88 Å². The van der Waals surface area contributed by atoms with Crippen LogP contribution in [-0.4, -0.2) is 17.4 Å². The molecule has 120 valence electrons. The second-order valence-corrected chi connectivity index (χ2v) is 6.16. The number of hydrogen-bond donors (Lipinski definition) is 1. The Balaban J connectivity index is 2.48. The molecule has 24 heavy (non-hydrogen) atoms. The van der Waals surface area contributed by atoms with Gasteiger partial charge in [0.15, 0.2) is 5.78 Å². The third kappa shape index (κ3) is 2.49. The molecule has 2 heterocycles. The third-order valence-corrected chi connectivity index (χ3v) is 4.82. The number of nitrogens with zero attached hydrogens (tertiary/aromatic N) is 2. The molecule has 0 radical (unpaired) electrons. The van der Waals surface area contributed by atoms with E-state index in [0.717, 1.165) is 5.56 Å². The molecule has 0 saturated heterocycles. The number of ketones is 1. The Bertz CT molecular complexity index is 972. The van der Waals surface area contributed by atoms with Crippen molar-refractivity contribution in [3.63, 3.8) is 0 Å². The number of fused-ring (bicyclic) bond motifs is 1. The summed E-state index contributed by atoms with van der Waals surface area (Å²) in [6.07, 6.45) is 0. The minimum absolute atomic E-state index is 0.119. The highest BCUT2D eigenvalue weighted by Gasteiger charge is 2.24. The van der Waals surface area contributed by atoms with Crippen LogP contribution in [0, 0.1) is 11.3 Å². The summed E-state index contributed by atoms with van der Waals surface area (Å²) in [5.41, 5.74) is 8.42. The first kappa shape index (κ1) is 16.0. The van der Waals surface area contributed by atoms with E-state index in [9.17, 15) is 10.1 Å². The summed E-state index contributed by atoms with van der Waals surface area (Å²) in [6, 6.07) is 11.7. The van der Waals surface area contributed by atoms with E-state index in [-0.39, 0.29) is 11.7 Å². The van der Waals surface area contributed by atoms with E-state index in [4.69, 9.17) is 10.5 Å². The molecule has 6 heteroatoms. The molecule has 3 aromatic rings. The molecule has 5 nitrogen and oxygen atoms in total. The number of thiophene rings is 1. The predicted molar refractivity (Wildman–Crippen MR) is 95.4 cm³/mol. The maximum Gasteiger partial charge on any atom is 0.233 e. The largest absolute Gasteiger partial charge is 0.477 e. The van der Waals surface area contributed by atoms with Crippen LogP contribution in [-0.2, 0) is 0 Å². The Kier molecular flexibility index (Phi) is 4.19. The maximum absolute atomic E-state index is 11.9. The number of benzene rings is 1. The second-order valence-electron chi connectivity index (χ2n) is 5.16. The molecule has 0 atom stereocenters. The number of ether oxygens (including phenoxy) is 1. The molecule has 0 fully saturated rings. The molecule has 0 bridgehead atoms. The molecule has 1 aromatic carbocycles. The Hall–Kier alpha value is -2.91. The molecule has 2 aromatic heterocycles. The molecular formula is C18H15N3O2S. The van der Waals surface area contributed by atoms with Crippen LogP contribution < -0.4 is 10.5 Å². The molecule has 0 aliphatic rings. The number of hydrogen-bond acceptors (Lipinski definition) is 6. The van der Waals surface area contributed by atoms with Gasteiger partial charge in [-0.1, -0.05) is 30.3 Å². The van der Waals surface area contributed by atoms with Crippen LogP contribution in [0.25, 0.3) is 21.3 Å². The van der Waals surface area contributed by atoms with E-state index in [1.807, 2.05) is 37.3 Å². The number of aromatic nitrogens is 1. The van der Waals surface area contributed by atoms with Gasteiger partial charge in [-0.05, 0) is 12.5 Å². The fourth-order valence-electron chi connectivity index (χ4n) is 2.63. The first-order valence-electron chi connectivity index (χ1n) is 7.43. The lowest BCUT2D eigenvalue weighted by Crippen LogP contribution is -2.01. The molecule has 2 N–H and O–H groups in total. The predicted octanol–water partition coefficient (Wildman–Crippen LogP) is 4.02. The van der Waals surface area contributed by atoms with Crippen LogP contribution in [0.3, 0.4) is 0 Å². The van der Waals surface area contributed by atoms with Crippen molar-refractivity contribution in [1.82, 2.24) is 4.98 Å². The molecular weight excluding hydrogens is 322 g/mol. The number of carbonyl (C=O) groups excluding carboxylic acids is 1. The summed E-state index contributed by atoms with van der Waals surface area (Å²) in [6.45, 7) is 3.69. The number of anilines is 1. The van der Waals surface area contributed by atoms with Crippen molar-refractivity contribution in [2.24, 2.45) is 0 Å². The van der Waals surface area contributed by atoms with Crippen LogP contribution in [0.2, 0.25) is 0 Å². The Morgan fingerprint density at radius 3 is 2.67 bits per heavy atom.